The number of fused-ring (bicyclic) bond motifs is 2. The van der Waals surface area contributed by atoms with Crippen molar-refractivity contribution in [2.24, 2.45) is 23.7 Å². The third kappa shape index (κ3) is 3.27. The van der Waals surface area contributed by atoms with E-state index in [-0.39, 0.29) is 23.7 Å². The highest BCUT2D eigenvalue weighted by molar-refractivity contribution is 5.86. The van der Waals surface area contributed by atoms with Gasteiger partial charge in [0.2, 0.25) is 5.91 Å². The lowest BCUT2D eigenvalue weighted by atomic mass is 9.78. The fourth-order valence-electron chi connectivity index (χ4n) is 4.48. The molecule has 1 aliphatic heterocycles. The largest absolute Gasteiger partial charge is 0.481 e. The van der Waals surface area contributed by atoms with E-state index in [4.69, 9.17) is 4.74 Å². The molecular weight excluding hydrogens is 284 g/mol. The molecule has 4 atom stereocenters. The first-order valence-corrected chi connectivity index (χ1v) is 8.47. The van der Waals surface area contributed by atoms with Crippen molar-refractivity contribution in [1.82, 2.24) is 10.2 Å². The summed E-state index contributed by atoms with van der Waals surface area (Å²) in [6.45, 7) is 5.09. The summed E-state index contributed by atoms with van der Waals surface area (Å²) in [5, 5.41) is 12.4. The van der Waals surface area contributed by atoms with Crippen molar-refractivity contribution in [3.8, 4) is 0 Å². The maximum absolute atomic E-state index is 12.4. The average Bonchev–Trinajstić information content (AvgIpc) is 3.13. The molecule has 124 valence electrons. The van der Waals surface area contributed by atoms with Gasteiger partial charge in [-0.25, -0.2) is 0 Å². The zero-order valence-corrected chi connectivity index (χ0v) is 13.0. The Morgan fingerprint density at radius 3 is 2.50 bits per heavy atom. The number of carbonyl (C=O) groups is 2. The molecule has 1 heterocycles. The Kier molecular flexibility index (Phi) is 4.98. The first-order chi connectivity index (χ1) is 10.7. The second kappa shape index (κ2) is 6.96. The standard InChI is InChI=1S/C16H26N2O4/c19-15(17-4-1-5-18-6-8-22-9-7-18)13-11-2-3-12(10-11)14(13)16(20)21/h11-14H,1-10H2,(H,17,19)(H,20,21)/t11-,12+,13-,14-/m0/s1. The highest BCUT2D eigenvalue weighted by atomic mass is 16.5. The number of carboxylic acid groups (broad SMARTS) is 1. The Bertz CT molecular complexity index is 422. The minimum Gasteiger partial charge on any atom is -0.481 e. The zero-order valence-electron chi connectivity index (χ0n) is 13.0. The molecule has 0 aromatic carbocycles. The number of rotatable bonds is 6. The summed E-state index contributed by atoms with van der Waals surface area (Å²) < 4.78 is 5.31. The van der Waals surface area contributed by atoms with E-state index in [1.54, 1.807) is 0 Å². The number of hydrogen-bond donors (Lipinski definition) is 2. The van der Waals surface area contributed by atoms with E-state index in [0.717, 1.165) is 58.5 Å². The number of nitrogens with one attached hydrogen (secondary N) is 1. The van der Waals surface area contributed by atoms with Gasteiger partial charge in [0, 0.05) is 19.6 Å². The molecule has 0 radical (unpaired) electrons. The molecular formula is C16H26N2O4. The number of ether oxygens (including phenoxy) is 1. The van der Waals surface area contributed by atoms with Crippen LogP contribution in [0, 0.1) is 23.7 Å². The minimum absolute atomic E-state index is 0.0402. The van der Waals surface area contributed by atoms with E-state index in [1.807, 2.05) is 0 Å². The number of morpholine rings is 1. The van der Waals surface area contributed by atoms with E-state index < -0.39 is 11.9 Å². The van der Waals surface area contributed by atoms with Crippen molar-refractivity contribution in [1.29, 1.82) is 0 Å². The molecule has 3 aliphatic rings. The van der Waals surface area contributed by atoms with Gasteiger partial charge in [0.1, 0.15) is 0 Å². The first-order valence-electron chi connectivity index (χ1n) is 8.47. The maximum Gasteiger partial charge on any atom is 0.307 e. The number of aliphatic carboxylic acids is 1. The van der Waals surface area contributed by atoms with Crippen LogP contribution in [0.4, 0.5) is 0 Å². The Hall–Kier alpha value is -1.14. The van der Waals surface area contributed by atoms with Gasteiger partial charge in [0.05, 0.1) is 25.0 Å². The van der Waals surface area contributed by atoms with E-state index in [2.05, 4.69) is 10.2 Å². The SMILES string of the molecule is O=C(O)[C@H]1[C@@H]2CC[C@@H](C2)[C@@H]1C(=O)NCCCN1CCOCC1. The summed E-state index contributed by atoms with van der Waals surface area (Å²) in [6.07, 6.45) is 3.82. The third-order valence-corrected chi connectivity index (χ3v) is 5.56. The van der Waals surface area contributed by atoms with Crippen molar-refractivity contribution in [2.75, 3.05) is 39.4 Å². The van der Waals surface area contributed by atoms with E-state index >= 15 is 0 Å². The fraction of sp³-hybridized carbons (Fsp3) is 0.875. The summed E-state index contributed by atoms with van der Waals surface area (Å²) >= 11 is 0. The van der Waals surface area contributed by atoms with Crippen LogP contribution in [0.5, 0.6) is 0 Å². The van der Waals surface area contributed by atoms with Gasteiger partial charge in [-0.05, 0) is 44.1 Å². The topological polar surface area (TPSA) is 78.9 Å². The second-order valence-electron chi connectivity index (χ2n) is 6.82. The van der Waals surface area contributed by atoms with Crippen LogP contribution in [0.3, 0.4) is 0 Å². The van der Waals surface area contributed by atoms with Crippen LogP contribution in [-0.4, -0.2) is 61.3 Å². The minimum atomic E-state index is -0.791. The molecule has 1 amide bonds. The average molecular weight is 310 g/mol. The van der Waals surface area contributed by atoms with Crippen molar-refractivity contribution in [3.05, 3.63) is 0 Å². The van der Waals surface area contributed by atoms with Crippen LogP contribution in [0.2, 0.25) is 0 Å². The lowest BCUT2D eigenvalue weighted by Gasteiger charge is -2.28. The maximum atomic E-state index is 12.4. The predicted octanol–water partition coefficient (Wildman–Crippen LogP) is 0.572. The molecule has 6 nitrogen and oxygen atoms in total. The zero-order chi connectivity index (χ0) is 15.5. The van der Waals surface area contributed by atoms with Crippen LogP contribution in [0.15, 0.2) is 0 Å². The Labute approximate surface area is 131 Å². The Morgan fingerprint density at radius 1 is 1.14 bits per heavy atom. The molecule has 2 aliphatic carbocycles. The first kappa shape index (κ1) is 15.7. The molecule has 0 aromatic heterocycles. The smallest absolute Gasteiger partial charge is 0.307 e. The quantitative estimate of drug-likeness (QED) is 0.701. The van der Waals surface area contributed by atoms with E-state index in [1.165, 1.54) is 0 Å². The normalized spacial score (nSPS) is 34.7. The molecule has 2 saturated carbocycles. The predicted molar refractivity (Wildman–Crippen MR) is 80.3 cm³/mol. The number of carbonyl (C=O) groups excluding carboxylic acids is 1. The van der Waals surface area contributed by atoms with Gasteiger partial charge in [-0.2, -0.15) is 0 Å². The Balaban J connectivity index is 1.42. The van der Waals surface area contributed by atoms with Gasteiger partial charge in [-0.1, -0.05) is 0 Å². The summed E-state index contributed by atoms with van der Waals surface area (Å²) in [4.78, 5) is 26.2. The van der Waals surface area contributed by atoms with Crippen LogP contribution in [0.1, 0.15) is 25.7 Å². The fourth-order valence-corrected chi connectivity index (χ4v) is 4.48. The highest BCUT2D eigenvalue weighted by Gasteiger charge is 2.53. The van der Waals surface area contributed by atoms with Crippen LogP contribution in [-0.2, 0) is 14.3 Å². The number of hydrogen-bond acceptors (Lipinski definition) is 4. The van der Waals surface area contributed by atoms with Gasteiger partial charge >= 0.3 is 5.97 Å². The van der Waals surface area contributed by atoms with Crippen LogP contribution < -0.4 is 5.32 Å². The number of carboxylic acids is 1. The molecule has 3 rings (SSSR count). The highest BCUT2D eigenvalue weighted by Crippen LogP contribution is 2.52. The summed E-state index contributed by atoms with van der Waals surface area (Å²) in [5.74, 6) is -1.10. The van der Waals surface area contributed by atoms with Crippen molar-refractivity contribution >= 4 is 11.9 Å². The summed E-state index contributed by atoms with van der Waals surface area (Å²) in [5.41, 5.74) is 0. The van der Waals surface area contributed by atoms with Crippen molar-refractivity contribution < 1.29 is 19.4 Å². The molecule has 3 fully saturated rings. The lowest BCUT2D eigenvalue weighted by Crippen LogP contribution is -2.42. The third-order valence-electron chi connectivity index (χ3n) is 5.56. The molecule has 2 N–H and O–H groups in total. The molecule has 0 aromatic rings. The van der Waals surface area contributed by atoms with Crippen LogP contribution >= 0.6 is 0 Å². The van der Waals surface area contributed by atoms with E-state index in [0.29, 0.717) is 6.54 Å². The molecule has 0 spiro atoms. The monoisotopic (exact) mass is 310 g/mol. The van der Waals surface area contributed by atoms with Gasteiger partial charge < -0.3 is 15.2 Å². The molecule has 6 heteroatoms. The second-order valence-corrected chi connectivity index (χ2v) is 6.82. The van der Waals surface area contributed by atoms with Gasteiger partial charge in [0.25, 0.3) is 0 Å². The molecule has 2 bridgehead atoms. The van der Waals surface area contributed by atoms with E-state index in [9.17, 15) is 14.7 Å². The van der Waals surface area contributed by atoms with Crippen molar-refractivity contribution in [2.45, 2.75) is 25.7 Å². The number of amides is 1. The van der Waals surface area contributed by atoms with Gasteiger partial charge in [-0.15, -0.1) is 0 Å². The van der Waals surface area contributed by atoms with Gasteiger partial charge in [-0.3, -0.25) is 14.5 Å². The summed E-state index contributed by atoms with van der Waals surface area (Å²) in [7, 11) is 0. The molecule has 22 heavy (non-hydrogen) atoms. The van der Waals surface area contributed by atoms with Crippen LogP contribution in [0.25, 0.3) is 0 Å². The molecule has 0 unspecified atom stereocenters. The van der Waals surface area contributed by atoms with Crippen molar-refractivity contribution in [3.63, 3.8) is 0 Å². The number of nitrogens with zero attached hydrogens (tertiary/aromatic N) is 1. The Morgan fingerprint density at radius 2 is 1.82 bits per heavy atom. The molecule has 1 saturated heterocycles. The van der Waals surface area contributed by atoms with Gasteiger partial charge in [0.15, 0.2) is 0 Å². The summed E-state index contributed by atoms with van der Waals surface area (Å²) in [6, 6.07) is 0. The lowest BCUT2D eigenvalue weighted by molar-refractivity contribution is -0.149.